The molecule has 5 nitrogen and oxygen atoms in total. The molecule has 3 amide bonds. The summed E-state index contributed by atoms with van der Waals surface area (Å²) in [5, 5.41) is 5.75. The van der Waals surface area contributed by atoms with Gasteiger partial charge in [-0.3, -0.25) is 4.79 Å². The molecule has 0 saturated heterocycles. The first-order valence-electron chi connectivity index (χ1n) is 8.23. The van der Waals surface area contributed by atoms with E-state index in [1.165, 1.54) is 6.08 Å². The lowest BCUT2D eigenvalue weighted by Gasteiger charge is -2.29. The maximum atomic E-state index is 12.3. The van der Waals surface area contributed by atoms with E-state index in [1.807, 2.05) is 49.4 Å². The number of benzene rings is 2. The van der Waals surface area contributed by atoms with Gasteiger partial charge in [0.15, 0.2) is 0 Å². The molecule has 5 heteroatoms. The molecule has 2 aromatic carbocycles. The van der Waals surface area contributed by atoms with Gasteiger partial charge in [-0.05, 0) is 48.7 Å². The Labute approximate surface area is 147 Å². The van der Waals surface area contributed by atoms with E-state index in [2.05, 4.69) is 17.2 Å². The number of anilines is 2. The molecule has 0 aromatic heterocycles. The van der Waals surface area contributed by atoms with E-state index in [0.717, 1.165) is 28.1 Å². The molecular weight excluding hydrogens is 314 g/mol. The van der Waals surface area contributed by atoms with Crippen LogP contribution in [0.25, 0.3) is 0 Å². The van der Waals surface area contributed by atoms with Crippen molar-refractivity contribution in [3.05, 3.63) is 71.8 Å². The molecule has 1 aliphatic rings. The van der Waals surface area contributed by atoms with Crippen molar-refractivity contribution in [3.63, 3.8) is 0 Å². The van der Waals surface area contributed by atoms with Crippen LogP contribution in [-0.2, 0) is 17.8 Å². The minimum atomic E-state index is -0.276. The molecule has 0 bridgehead atoms. The van der Waals surface area contributed by atoms with Crippen molar-refractivity contribution >= 4 is 23.3 Å². The molecule has 2 N–H and O–H groups in total. The second kappa shape index (κ2) is 7.21. The van der Waals surface area contributed by atoms with E-state index in [1.54, 1.807) is 4.90 Å². The van der Waals surface area contributed by atoms with Gasteiger partial charge in [0.2, 0.25) is 5.91 Å². The molecule has 0 spiro atoms. The number of aryl methyl sites for hydroxylation is 1. The Hall–Kier alpha value is -3.08. The Balaban J connectivity index is 1.71. The van der Waals surface area contributed by atoms with Gasteiger partial charge in [-0.25, -0.2) is 4.79 Å². The summed E-state index contributed by atoms with van der Waals surface area (Å²) in [6.45, 7) is 6.70. The zero-order valence-electron chi connectivity index (χ0n) is 14.2. The molecule has 25 heavy (non-hydrogen) atoms. The number of nitrogens with one attached hydrogen (secondary N) is 2. The summed E-state index contributed by atoms with van der Waals surface area (Å²) in [6, 6.07) is 13.1. The third-order valence-corrected chi connectivity index (χ3v) is 4.31. The molecule has 0 radical (unpaired) electrons. The maximum Gasteiger partial charge on any atom is 0.323 e. The Bertz CT molecular complexity index is 812. The van der Waals surface area contributed by atoms with Crippen molar-refractivity contribution < 1.29 is 9.59 Å². The monoisotopic (exact) mass is 335 g/mol. The van der Waals surface area contributed by atoms with Crippen LogP contribution in [0.15, 0.2) is 55.1 Å². The smallest absolute Gasteiger partial charge is 0.323 e. The van der Waals surface area contributed by atoms with Gasteiger partial charge < -0.3 is 15.5 Å². The third kappa shape index (κ3) is 3.88. The summed E-state index contributed by atoms with van der Waals surface area (Å²) in [7, 11) is 0. The predicted molar refractivity (Wildman–Crippen MR) is 99.6 cm³/mol. The molecule has 0 saturated carbocycles. The highest BCUT2D eigenvalue weighted by Gasteiger charge is 2.21. The molecule has 1 heterocycles. The zero-order chi connectivity index (χ0) is 17.8. The van der Waals surface area contributed by atoms with E-state index in [4.69, 9.17) is 0 Å². The van der Waals surface area contributed by atoms with Crippen molar-refractivity contribution in [2.75, 3.05) is 17.2 Å². The van der Waals surface area contributed by atoms with Crippen LogP contribution >= 0.6 is 0 Å². The summed E-state index contributed by atoms with van der Waals surface area (Å²) < 4.78 is 0. The largest absolute Gasteiger partial charge is 0.335 e. The highest BCUT2D eigenvalue weighted by Crippen LogP contribution is 2.26. The Kier molecular flexibility index (Phi) is 4.84. The fourth-order valence-corrected chi connectivity index (χ4v) is 2.97. The van der Waals surface area contributed by atoms with Gasteiger partial charge in [0.25, 0.3) is 0 Å². The van der Waals surface area contributed by atoms with Crippen LogP contribution in [0.1, 0.15) is 16.7 Å². The van der Waals surface area contributed by atoms with Crippen molar-refractivity contribution in [1.82, 2.24) is 4.90 Å². The molecule has 0 unspecified atom stereocenters. The summed E-state index contributed by atoms with van der Waals surface area (Å²) in [5.74, 6) is -0.0684. The van der Waals surface area contributed by atoms with E-state index in [0.29, 0.717) is 19.5 Å². The van der Waals surface area contributed by atoms with Crippen LogP contribution in [-0.4, -0.2) is 23.4 Å². The highest BCUT2D eigenvalue weighted by molar-refractivity contribution is 6.00. The number of rotatable bonds is 3. The third-order valence-electron chi connectivity index (χ3n) is 4.31. The van der Waals surface area contributed by atoms with Crippen LogP contribution in [0.3, 0.4) is 0 Å². The summed E-state index contributed by atoms with van der Waals surface area (Å²) in [5.41, 5.74) is 4.80. The van der Waals surface area contributed by atoms with E-state index in [9.17, 15) is 9.59 Å². The fraction of sp³-hybridized carbons (Fsp3) is 0.200. The number of amides is 3. The average molecular weight is 335 g/mol. The van der Waals surface area contributed by atoms with Gasteiger partial charge in [0, 0.05) is 24.5 Å². The Morgan fingerprint density at radius 1 is 1.12 bits per heavy atom. The molecule has 1 aliphatic heterocycles. The second-order valence-corrected chi connectivity index (χ2v) is 6.10. The number of fused-ring (bicyclic) bond motifs is 1. The number of urea groups is 1. The molecule has 128 valence electrons. The normalized spacial score (nSPS) is 12.9. The standard InChI is InChI=1S/C20H21N3O2/c1-3-19(24)23-12-11-17-15(13-23)5-4-6-18(17)22-20(25)21-16-9-7-14(2)8-10-16/h3-10H,1,11-13H2,2H3,(H2,21,22,25). The van der Waals surface area contributed by atoms with Gasteiger partial charge in [0.05, 0.1) is 0 Å². The SMILES string of the molecule is C=CC(=O)N1CCc2c(cccc2NC(=O)Nc2ccc(C)cc2)C1. The number of hydrogen-bond acceptors (Lipinski definition) is 2. The first-order valence-corrected chi connectivity index (χ1v) is 8.23. The van der Waals surface area contributed by atoms with Crippen molar-refractivity contribution in [3.8, 4) is 0 Å². The van der Waals surface area contributed by atoms with Crippen LogP contribution in [0, 0.1) is 6.92 Å². The first kappa shape index (κ1) is 16.8. The fourth-order valence-electron chi connectivity index (χ4n) is 2.97. The maximum absolute atomic E-state index is 12.3. The number of hydrogen-bond donors (Lipinski definition) is 2. The van der Waals surface area contributed by atoms with E-state index < -0.39 is 0 Å². The topological polar surface area (TPSA) is 61.4 Å². The van der Waals surface area contributed by atoms with Crippen molar-refractivity contribution in [1.29, 1.82) is 0 Å². The lowest BCUT2D eigenvalue weighted by Crippen LogP contribution is -2.35. The van der Waals surface area contributed by atoms with Crippen LogP contribution in [0.5, 0.6) is 0 Å². The molecule has 0 aliphatic carbocycles. The molecular formula is C20H21N3O2. The lowest BCUT2D eigenvalue weighted by molar-refractivity contribution is -0.126. The molecule has 0 fully saturated rings. The average Bonchev–Trinajstić information content (AvgIpc) is 2.62. The molecule has 2 aromatic rings. The molecule has 3 rings (SSSR count). The van der Waals surface area contributed by atoms with Gasteiger partial charge in [-0.15, -0.1) is 0 Å². The van der Waals surface area contributed by atoms with Gasteiger partial charge >= 0.3 is 6.03 Å². The summed E-state index contributed by atoms with van der Waals surface area (Å²) in [6.07, 6.45) is 2.04. The quantitative estimate of drug-likeness (QED) is 0.840. The van der Waals surface area contributed by atoms with Crippen molar-refractivity contribution in [2.24, 2.45) is 0 Å². The van der Waals surface area contributed by atoms with Crippen LogP contribution in [0.4, 0.5) is 16.2 Å². The Morgan fingerprint density at radius 3 is 2.60 bits per heavy atom. The second-order valence-electron chi connectivity index (χ2n) is 6.10. The number of carbonyl (C=O) groups excluding carboxylic acids is 2. The highest BCUT2D eigenvalue weighted by atomic mass is 16.2. The lowest BCUT2D eigenvalue weighted by atomic mass is 9.97. The van der Waals surface area contributed by atoms with E-state index in [-0.39, 0.29) is 11.9 Å². The van der Waals surface area contributed by atoms with Crippen LogP contribution in [0.2, 0.25) is 0 Å². The van der Waals surface area contributed by atoms with Crippen LogP contribution < -0.4 is 10.6 Å². The first-order chi connectivity index (χ1) is 12.1. The Morgan fingerprint density at radius 2 is 1.88 bits per heavy atom. The van der Waals surface area contributed by atoms with E-state index >= 15 is 0 Å². The molecule has 0 atom stereocenters. The number of nitrogens with zero attached hydrogens (tertiary/aromatic N) is 1. The predicted octanol–water partition coefficient (Wildman–Crippen LogP) is 3.71. The summed E-state index contributed by atoms with van der Waals surface area (Å²) >= 11 is 0. The van der Waals surface area contributed by atoms with Gasteiger partial charge in [-0.1, -0.05) is 36.4 Å². The minimum Gasteiger partial charge on any atom is -0.335 e. The number of carbonyl (C=O) groups is 2. The van der Waals surface area contributed by atoms with Crippen molar-refractivity contribution in [2.45, 2.75) is 19.9 Å². The van der Waals surface area contributed by atoms with Gasteiger partial charge in [-0.2, -0.15) is 0 Å². The van der Waals surface area contributed by atoms with Gasteiger partial charge in [0.1, 0.15) is 0 Å². The summed E-state index contributed by atoms with van der Waals surface area (Å²) in [4.78, 5) is 25.8. The zero-order valence-corrected chi connectivity index (χ0v) is 14.2. The minimum absolute atomic E-state index is 0.0684.